The van der Waals surface area contributed by atoms with Crippen molar-refractivity contribution in [2.75, 3.05) is 12.4 Å². The normalized spacial score (nSPS) is 11.9. The number of anilines is 1. The zero-order chi connectivity index (χ0) is 15.3. The average molecular weight is 305 g/mol. The summed E-state index contributed by atoms with van der Waals surface area (Å²) < 4.78 is 26.0. The van der Waals surface area contributed by atoms with Gasteiger partial charge in [-0.05, 0) is 24.4 Å². The number of nitrogens with one attached hydrogen (secondary N) is 3. The number of para-hydroxylation sites is 1. The summed E-state index contributed by atoms with van der Waals surface area (Å²) in [5.41, 5.74) is 0.434. The summed E-state index contributed by atoms with van der Waals surface area (Å²) in [5, 5.41) is 24.8. The molecule has 10 heteroatoms. The summed E-state index contributed by atoms with van der Waals surface area (Å²) in [7, 11) is -2.29. The molecule has 3 N–H and O–H groups in total. The molecule has 0 radical (unpaired) electrons. The van der Waals surface area contributed by atoms with Crippen LogP contribution in [-0.4, -0.2) is 36.1 Å². The third kappa shape index (κ3) is 3.22. The van der Waals surface area contributed by atoms with Gasteiger partial charge in [0.1, 0.15) is 16.5 Å². The predicted molar refractivity (Wildman–Crippen MR) is 74.1 cm³/mol. The van der Waals surface area contributed by atoms with Crippen molar-refractivity contribution in [1.29, 1.82) is 5.26 Å². The summed E-state index contributed by atoms with van der Waals surface area (Å²) >= 11 is 0. The first-order chi connectivity index (χ1) is 10.1. The molecule has 0 fully saturated rings. The predicted octanol–water partition coefficient (Wildman–Crippen LogP) is 0.0844. The Morgan fingerprint density at radius 2 is 2.19 bits per heavy atom. The number of nitriles is 1. The topological polar surface area (TPSA) is 136 Å². The first-order valence-electron chi connectivity index (χ1n) is 5.71. The van der Waals surface area contributed by atoms with Crippen molar-refractivity contribution >= 4 is 21.3 Å². The van der Waals surface area contributed by atoms with Crippen molar-refractivity contribution in [3.8, 4) is 6.07 Å². The van der Waals surface area contributed by atoms with E-state index in [-0.39, 0.29) is 16.3 Å². The minimum absolute atomic E-state index is 0.0640. The van der Waals surface area contributed by atoms with E-state index in [2.05, 4.69) is 30.7 Å². The van der Waals surface area contributed by atoms with Gasteiger partial charge >= 0.3 is 0 Å². The Bertz CT molecular complexity index is 790. The standard InChI is InChI=1S/C11H11N7O2S/c1-13-21(19,20)10-5-3-2-4-9(10)14-7-8(6-12)11-15-17-18-16-11/h2-5,7,13-14H,1H3,(H,15,16,17,18). The van der Waals surface area contributed by atoms with Crippen LogP contribution in [0.15, 0.2) is 35.4 Å². The van der Waals surface area contributed by atoms with E-state index in [1.807, 2.05) is 6.07 Å². The molecule has 0 aliphatic carbocycles. The number of benzene rings is 1. The Hall–Kier alpha value is -2.77. The summed E-state index contributed by atoms with van der Waals surface area (Å²) in [6.45, 7) is 0. The van der Waals surface area contributed by atoms with Crippen LogP contribution in [0.4, 0.5) is 5.69 Å². The molecule has 0 saturated heterocycles. The van der Waals surface area contributed by atoms with Gasteiger partial charge in [-0.3, -0.25) is 0 Å². The number of nitrogens with zero attached hydrogens (tertiary/aromatic N) is 4. The molecule has 0 amide bonds. The molecule has 1 aromatic heterocycles. The summed E-state index contributed by atoms with van der Waals surface area (Å²) in [4.78, 5) is 0.0640. The molecule has 0 aliphatic rings. The molecule has 0 unspecified atom stereocenters. The number of allylic oxidation sites excluding steroid dienone is 1. The molecule has 108 valence electrons. The molecule has 1 heterocycles. The summed E-state index contributed by atoms with van der Waals surface area (Å²) in [5.74, 6) is 0.110. The van der Waals surface area contributed by atoms with Crippen LogP contribution in [0, 0.1) is 11.3 Å². The molecule has 2 rings (SSSR count). The van der Waals surface area contributed by atoms with Gasteiger partial charge in [0.2, 0.25) is 15.8 Å². The van der Waals surface area contributed by atoms with E-state index in [1.165, 1.54) is 19.3 Å². The highest BCUT2D eigenvalue weighted by molar-refractivity contribution is 7.89. The quantitative estimate of drug-likeness (QED) is 0.665. The highest BCUT2D eigenvalue weighted by Crippen LogP contribution is 2.21. The highest BCUT2D eigenvalue weighted by atomic mass is 32.2. The third-order valence-corrected chi connectivity index (χ3v) is 4.00. The molecule has 21 heavy (non-hydrogen) atoms. The monoisotopic (exact) mass is 305 g/mol. The number of hydrogen-bond donors (Lipinski definition) is 3. The van der Waals surface area contributed by atoms with Gasteiger partial charge in [-0.15, -0.1) is 10.2 Å². The van der Waals surface area contributed by atoms with Crippen LogP contribution in [0.25, 0.3) is 5.57 Å². The number of hydrogen-bond acceptors (Lipinski definition) is 7. The zero-order valence-electron chi connectivity index (χ0n) is 10.9. The molecular weight excluding hydrogens is 294 g/mol. The first-order valence-corrected chi connectivity index (χ1v) is 7.20. The van der Waals surface area contributed by atoms with Gasteiger partial charge in [0, 0.05) is 6.20 Å². The smallest absolute Gasteiger partial charge is 0.242 e. The molecule has 2 aromatic rings. The van der Waals surface area contributed by atoms with Crippen molar-refractivity contribution in [3.63, 3.8) is 0 Å². The van der Waals surface area contributed by atoms with Crippen molar-refractivity contribution in [3.05, 3.63) is 36.3 Å². The fraction of sp³-hybridized carbons (Fsp3) is 0.0909. The summed E-state index contributed by atoms with van der Waals surface area (Å²) in [6.07, 6.45) is 1.31. The lowest BCUT2D eigenvalue weighted by atomic mass is 10.3. The van der Waals surface area contributed by atoms with E-state index in [4.69, 9.17) is 5.26 Å². The third-order valence-electron chi connectivity index (χ3n) is 2.52. The van der Waals surface area contributed by atoms with Gasteiger partial charge in [-0.25, -0.2) is 13.1 Å². The Morgan fingerprint density at radius 3 is 2.81 bits per heavy atom. The number of sulfonamides is 1. The van der Waals surface area contributed by atoms with Gasteiger partial charge in [-0.1, -0.05) is 12.1 Å². The van der Waals surface area contributed by atoms with Crippen molar-refractivity contribution in [2.45, 2.75) is 4.90 Å². The maximum absolute atomic E-state index is 11.9. The van der Waals surface area contributed by atoms with Crippen LogP contribution in [-0.2, 0) is 10.0 Å². The van der Waals surface area contributed by atoms with Crippen LogP contribution in [0.2, 0.25) is 0 Å². The first kappa shape index (κ1) is 14.6. The molecule has 0 aliphatic heterocycles. The number of rotatable bonds is 5. The van der Waals surface area contributed by atoms with Gasteiger partial charge in [-0.2, -0.15) is 10.5 Å². The number of tetrazole rings is 1. The molecule has 0 bridgehead atoms. The number of H-pyrrole nitrogens is 1. The number of aromatic nitrogens is 4. The highest BCUT2D eigenvalue weighted by Gasteiger charge is 2.15. The van der Waals surface area contributed by atoms with Crippen molar-refractivity contribution < 1.29 is 8.42 Å². The number of aromatic amines is 1. The second-order valence-electron chi connectivity index (χ2n) is 3.75. The lowest BCUT2D eigenvalue weighted by molar-refractivity contribution is 0.588. The second-order valence-corrected chi connectivity index (χ2v) is 5.61. The van der Waals surface area contributed by atoms with Gasteiger partial charge in [0.05, 0.1) is 5.69 Å². The molecular formula is C11H11N7O2S. The average Bonchev–Trinajstić information content (AvgIpc) is 3.02. The van der Waals surface area contributed by atoms with E-state index in [1.54, 1.807) is 18.2 Å². The SMILES string of the molecule is CNS(=O)(=O)c1ccccc1NC=C(C#N)c1nn[nH]n1. The van der Waals surface area contributed by atoms with E-state index < -0.39 is 10.0 Å². The van der Waals surface area contributed by atoms with Crippen LogP contribution >= 0.6 is 0 Å². The van der Waals surface area contributed by atoms with E-state index >= 15 is 0 Å². The minimum atomic E-state index is -3.61. The Labute approximate surface area is 120 Å². The molecule has 0 atom stereocenters. The van der Waals surface area contributed by atoms with Gasteiger partial charge in [0.25, 0.3) is 0 Å². The molecule has 0 spiro atoms. The van der Waals surface area contributed by atoms with Crippen molar-refractivity contribution in [2.24, 2.45) is 0 Å². The molecule has 1 aromatic carbocycles. The lowest BCUT2D eigenvalue weighted by Gasteiger charge is -2.09. The second kappa shape index (κ2) is 6.12. The maximum atomic E-state index is 11.9. The van der Waals surface area contributed by atoms with Crippen LogP contribution in [0.1, 0.15) is 5.82 Å². The van der Waals surface area contributed by atoms with Crippen LogP contribution in [0.3, 0.4) is 0 Å². The molecule has 9 nitrogen and oxygen atoms in total. The fourth-order valence-corrected chi connectivity index (χ4v) is 2.40. The fourth-order valence-electron chi connectivity index (χ4n) is 1.50. The van der Waals surface area contributed by atoms with E-state index in [0.29, 0.717) is 5.69 Å². The zero-order valence-corrected chi connectivity index (χ0v) is 11.7. The van der Waals surface area contributed by atoms with Gasteiger partial charge < -0.3 is 5.32 Å². The Morgan fingerprint density at radius 1 is 1.43 bits per heavy atom. The van der Waals surface area contributed by atoms with E-state index in [0.717, 1.165) is 0 Å². The minimum Gasteiger partial charge on any atom is -0.359 e. The maximum Gasteiger partial charge on any atom is 0.242 e. The Kier molecular flexibility index (Phi) is 4.27. The summed E-state index contributed by atoms with van der Waals surface area (Å²) in [6, 6.07) is 8.19. The van der Waals surface area contributed by atoms with Crippen LogP contribution < -0.4 is 10.0 Å². The van der Waals surface area contributed by atoms with E-state index in [9.17, 15) is 8.42 Å². The van der Waals surface area contributed by atoms with Gasteiger partial charge in [0.15, 0.2) is 0 Å². The van der Waals surface area contributed by atoms with Crippen LogP contribution in [0.5, 0.6) is 0 Å². The largest absolute Gasteiger partial charge is 0.359 e. The Balaban J connectivity index is 2.35. The van der Waals surface area contributed by atoms with Crippen molar-refractivity contribution in [1.82, 2.24) is 25.3 Å². The lowest BCUT2D eigenvalue weighted by Crippen LogP contribution is -2.19. The molecule has 0 saturated carbocycles.